The molecule has 20 heavy (non-hydrogen) atoms. The molecule has 0 saturated carbocycles. The molecular formula is C16H21N3O. The van der Waals surface area contributed by atoms with Gasteiger partial charge in [-0.25, -0.2) is 4.68 Å². The van der Waals surface area contributed by atoms with Gasteiger partial charge < -0.3 is 4.90 Å². The Morgan fingerprint density at radius 1 is 1.35 bits per heavy atom. The largest absolute Gasteiger partial charge is 0.343 e. The monoisotopic (exact) mass is 271 g/mol. The first-order valence-corrected chi connectivity index (χ1v) is 6.96. The van der Waals surface area contributed by atoms with E-state index in [0.29, 0.717) is 6.42 Å². The maximum Gasteiger partial charge on any atom is 0.227 e. The van der Waals surface area contributed by atoms with E-state index in [0.717, 1.165) is 17.7 Å². The van der Waals surface area contributed by atoms with Crippen molar-refractivity contribution in [1.82, 2.24) is 14.7 Å². The average molecular weight is 271 g/mol. The summed E-state index contributed by atoms with van der Waals surface area (Å²) in [7, 11) is 1.86. The van der Waals surface area contributed by atoms with Crippen LogP contribution in [0.4, 0.5) is 0 Å². The van der Waals surface area contributed by atoms with Gasteiger partial charge in [0.15, 0.2) is 0 Å². The van der Waals surface area contributed by atoms with E-state index in [1.54, 1.807) is 15.8 Å². The predicted molar refractivity (Wildman–Crippen MR) is 79.8 cm³/mol. The number of para-hydroxylation sites is 1. The zero-order valence-corrected chi connectivity index (χ0v) is 12.3. The molecule has 0 saturated heterocycles. The van der Waals surface area contributed by atoms with Crippen molar-refractivity contribution < 1.29 is 4.79 Å². The summed E-state index contributed by atoms with van der Waals surface area (Å²) in [4.78, 5) is 14.0. The molecule has 1 unspecified atom stereocenters. The van der Waals surface area contributed by atoms with Gasteiger partial charge in [-0.2, -0.15) is 5.10 Å². The van der Waals surface area contributed by atoms with Crippen LogP contribution in [0.3, 0.4) is 0 Å². The van der Waals surface area contributed by atoms with Crippen molar-refractivity contribution in [2.24, 2.45) is 0 Å². The fourth-order valence-corrected chi connectivity index (χ4v) is 1.99. The number of aromatic nitrogens is 2. The number of hydrogen-bond donors (Lipinski definition) is 0. The molecule has 0 N–H and O–H groups in total. The number of amides is 1. The van der Waals surface area contributed by atoms with Crippen molar-refractivity contribution in [3.05, 3.63) is 48.3 Å². The molecule has 0 bridgehead atoms. The molecule has 1 aromatic heterocycles. The third kappa shape index (κ3) is 3.26. The third-order valence-electron chi connectivity index (χ3n) is 3.66. The Morgan fingerprint density at radius 3 is 2.70 bits per heavy atom. The lowest BCUT2D eigenvalue weighted by Crippen LogP contribution is -2.35. The van der Waals surface area contributed by atoms with Gasteiger partial charge in [-0.1, -0.05) is 25.1 Å². The van der Waals surface area contributed by atoms with Crippen LogP contribution in [0.1, 0.15) is 25.8 Å². The molecule has 2 aromatic rings. The van der Waals surface area contributed by atoms with Crippen LogP contribution in [0.5, 0.6) is 0 Å². The zero-order chi connectivity index (χ0) is 14.5. The van der Waals surface area contributed by atoms with Crippen LogP contribution < -0.4 is 0 Å². The second-order valence-electron chi connectivity index (χ2n) is 5.07. The molecule has 106 valence electrons. The summed E-state index contributed by atoms with van der Waals surface area (Å²) >= 11 is 0. The molecule has 0 aliphatic heterocycles. The zero-order valence-electron chi connectivity index (χ0n) is 12.3. The van der Waals surface area contributed by atoms with Crippen LogP contribution in [-0.2, 0) is 11.2 Å². The number of carbonyl (C=O) groups excluding carboxylic acids is 1. The summed E-state index contributed by atoms with van der Waals surface area (Å²) in [5.41, 5.74) is 1.94. The van der Waals surface area contributed by atoms with Gasteiger partial charge in [0.25, 0.3) is 0 Å². The molecule has 1 amide bonds. The molecular weight excluding hydrogens is 250 g/mol. The molecule has 0 radical (unpaired) electrons. The average Bonchev–Trinajstić information content (AvgIpc) is 2.95. The Balaban J connectivity index is 2.05. The minimum absolute atomic E-state index is 0.131. The van der Waals surface area contributed by atoms with Gasteiger partial charge >= 0.3 is 0 Å². The predicted octanol–water partition coefficient (Wildman–Crippen LogP) is 2.67. The Bertz CT molecular complexity index is 562. The van der Waals surface area contributed by atoms with Crippen LogP contribution in [0.25, 0.3) is 5.69 Å². The highest BCUT2D eigenvalue weighted by atomic mass is 16.2. The standard InChI is InChI=1S/C16H21N3O/c1-4-13(2)18(3)16(20)10-14-11-17-19(12-14)15-8-6-5-7-9-15/h5-9,11-13H,4,10H2,1-3H3. The lowest BCUT2D eigenvalue weighted by Gasteiger charge is -2.23. The fourth-order valence-electron chi connectivity index (χ4n) is 1.99. The fraction of sp³-hybridized carbons (Fsp3) is 0.375. The third-order valence-corrected chi connectivity index (χ3v) is 3.66. The van der Waals surface area contributed by atoms with Crippen molar-refractivity contribution in [2.75, 3.05) is 7.05 Å². The molecule has 4 heteroatoms. The van der Waals surface area contributed by atoms with Crippen molar-refractivity contribution >= 4 is 5.91 Å². The molecule has 1 heterocycles. The Kier molecular flexibility index (Phi) is 4.56. The van der Waals surface area contributed by atoms with Crippen molar-refractivity contribution in [3.63, 3.8) is 0 Å². The molecule has 0 spiro atoms. The van der Waals surface area contributed by atoms with Gasteiger partial charge in [0.2, 0.25) is 5.91 Å². The van der Waals surface area contributed by atoms with E-state index < -0.39 is 0 Å². The van der Waals surface area contributed by atoms with Crippen LogP contribution in [0.15, 0.2) is 42.7 Å². The minimum Gasteiger partial charge on any atom is -0.343 e. The highest BCUT2D eigenvalue weighted by Crippen LogP contribution is 2.10. The van der Waals surface area contributed by atoms with Crippen LogP contribution in [0.2, 0.25) is 0 Å². The summed E-state index contributed by atoms with van der Waals surface area (Å²) in [6.07, 6.45) is 5.03. The van der Waals surface area contributed by atoms with E-state index in [4.69, 9.17) is 0 Å². The first-order chi connectivity index (χ1) is 9.61. The summed E-state index contributed by atoms with van der Waals surface area (Å²) < 4.78 is 1.80. The van der Waals surface area contributed by atoms with E-state index in [1.165, 1.54) is 0 Å². The summed E-state index contributed by atoms with van der Waals surface area (Å²) in [5, 5.41) is 4.31. The van der Waals surface area contributed by atoms with Gasteiger partial charge in [-0.3, -0.25) is 4.79 Å². The van der Waals surface area contributed by atoms with E-state index in [-0.39, 0.29) is 11.9 Å². The van der Waals surface area contributed by atoms with Gasteiger partial charge in [-0.15, -0.1) is 0 Å². The number of likely N-dealkylation sites (N-methyl/N-ethyl adjacent to an activating group) is 1. The van der Waals surface area contributed by atoms with Crippen LogP contribution >= 0.6 is 0 Å². The molecule has 1 aromatic carbocycles. The van der Waals surface area contributed by atoms with Crippen molar-refractivity contribution in [2.45, 2.75) is 32.7 Å². The number of hydrogen-bond acceptors (Lipinski definition) is 2. The van der Waals surface area contributed by atoms with E-state index in [2.05, 4.69) is 18.9 Å². The molecule has 0 fully saturated rings. The summed E-state index contributed by atoms with van der Waals surface area (Å²) in [6.45, 7) is 4.15. The highest BCUT2D eigenvalue weighted by Gasteiger charge is 2.15. The van der Waals surface area contributed by atoms with Gasteiger partial charge in [0.05, 0.1) is 18.3 Å². The second kappa shape index (κ2) is 6.37. The quantitative estimate of drug-likeness (QED) is 0.838. The Labute approximate surface area is 120 Å². The normalized spacial score (nSPS) is 12.2. The van der Waals surface area contributed by atoms with Crippen LogP contribution in [-0.4, -0.2) is 33.7 Å². The highest BCUT2D eigenvalue weighted by molar-refractivity contribution is 5.78. The maximum atomic E-state index is 12.1. The van der Waals surface area contributed by atoms with Crippen LogP contribution in [0, 0.1) is 0 Å². The van der Waals surface area contributed by atoms with Crippen molar-refractivity contribution in [1.29, 1.82) is 0 Å². The van der Waals surface area contributed by atoms with Gasteiger partial charge in [-0.05, 0) is 31.0 Å². The SMILES string of the molecule is CCC(C)N(C)C(=O)Cc1cnn(-c2ccccc2)c1. The summed E-state index contributed by atoms with van der Waals surface area (Å²) in [6, 6.07) is 10.2. The second-order valence-corrected chi connectivity index (χ2v) is 5.07. The molecule has 0 aliphatic carbocycles. The molecule has 4 nitrogen and oxygen atoms in total. The Hall–Kier alpha value is -2.10. The number of nitrogens with zero attached hydrogens (tertiary/aromatic N) is 3. The first kappa shape index (κ1) is 14.3. The first-order valence-electron chi connectivity index (χ1n) is 6.96. The maximum absolute atomic E-state index is 12.1. The number of carbonyl (C=O) groups is 1. The molecule has 1 atom stereocenters. The molecule has 0 aliphatic rings. The number of rotatable bonds is 5. The van der Waals surface area contributed by atoms with Gasteiger partial charge in [0.1, 0.15) is 0 Å². The van der Waals surface area contributed by atoms with Crippen molar-refractivity contribution in [3.8, 4) is 5.69 Å². The lowest BCUT2D eigenvalue weighted by molar-refractivity contribution is -0.130. The van der Waals surface area contributed by atoms with E-state index in [9.17, 15) is 4.79 Å². The lowest BCUT2D eigenvalue weighted by atomic mass is 10.2. The van der Waals surface area contributed by atoms with Gasteiger partial charge in [0, 0.05) is 19.3 Å². The van der Waals surface area contributed by atoms with E-state index in [1.807, 2.05) is 43.6 Å². The number of benzene rings is 1. The Morgan fingerprint density at radius 2 is 2.05 bits per heavy atom. The minimum atomic E-state index is 0.131. The molecule has 2 rings (SSSR count). The smallest absolute Gasteiger partial charge is 0.227 e. The van der Waals surface area contributed by atoms with E-state index >= 15 is 0 Å². The topological polar surface area (TPSA) is 38.1 Å². The summed E-state index contributed by atoms with van der Waals surface area (Å²) in [5.74, 6) is 0.131.